The van der Waals surface area contributed by atoms with Crippen LogP contribution in [0.2, 0.25) is 0 Å². The fraction of sp³-hybridized carbons (Fsp3) is 1.00. The Hall–Kier alpha value is 0.100. The molecule has 0 amide bonds. The zero-order valence-corrected chi connectivity index (χ0v) is 3.36. The summed E-state index contributed by atoms with van der Waals surface area (Å²) in [6, 6.07) is 0. The molecule has 0 aliphatic heterocycles. The minimum absolute atomic E-state index is 0.868. The molecule has 38 valence electrons. The van der Waals surface area contributed by atoms with Gasteiger partial charge in [-0.15, -0.1) is 0 Å². The van der Waals surface area contributed by atoms with Crippen LogP contribution >= 0.6 is 11.9 Å². The Kier molecular flexibility index (Phi) is 1.73. The number of hydrogen-bond acceptors (Lipinski definition) is 1. The standard InChI is InChI=1S/CHF3NS/c2-1(3,4)6-5/h5H/q-1. The lowest BCUT2D eigenvalue weighted by molar-refractivity contribution is -0.0320. The predicted octanol–water partition coefficient (Wildman–Crippen LogP) is 2.21. The third-order valence-electron chi connectivity index (χ3n) is 0.116. The van der Waals surface area contributed by atoms with Gasteiger partial charge in [-0.2, -0.15) is 25.1 Å². The summed E-state index contributed by atoms with van der Waals surface area (Å²) in [5.74, 6) is 0. The van der Waals surface area contributed by atoms with Gasteiger partial charge in [-0.25, -0.2) is 0 Å². The number of rotatable bonds is 0. The molecule has 0 saturated carbocycles. The van der Waals surface area contributed by atoms with Crippen molar-refractivity contribution < 1.29 is 13.2 Å². The molecule has 1 N–H and O–H groups in total. The second-order valence-corrected chi connectivity index (χ2v) is 1.21. The predicted molar refractivity (Wildman–Crippen MR) is 18.0 cm³/mol. The molecule has 0 aromatic rings. The molecule has 6 heavy (non-hydrogen) atoms. The summed E-state index contributed by atoms with van der Waals surface area (Å²) >= 11 is -0.868. The highest BCUT2D eigenvalue weighted by atomic mass is 32.2. The van der Waals surface area contributed by atoms with Crippen molar-refractivity contribution in [1.29, 1.82) is 0 Å². The van der Waals surface area contributed by atoms with Crippen LogP contribution in [0.1, 0.15) is 0 Å². The van der Waals surface area contributed by atoms with Crippen LogP contribution in [0.3, 0.4) is 0 Å². The van der Waals surface area contributed by atoms with Crippen molar-refractivity contribution in [3.8, 4) is 0 Å². The van der Waals surface area contributed by atoms with Crippen LogP contribution in [0.5, 0.6) is 0 Å². The van der Waals surface area contributed by atoms with Crippen molar-refractivity contribution in [2.24, 2.45) is 0 Å². The van der Waals surface area contributed by atoms with Crippen molar-refractivity contribution >= 4 is 11.9 Å². The van der Waals surface area contributed by atoms with Crippen LogP contribution in [0.15, 0.2) is 0 Å². The van der Waals surface area contributed by atoms with E-state index in [0.717, 1.165) is 0 Å². The number of nitrogens with one attached hydrogen (secondary N) is 1. The Balaban J connectivity index is 3.17. The summed E-state index contributed by atoms with van der Waals surface area (Å²) < 4.78 is 31.7. The zero-order valence-electron chi connectivity index (χ0n) is 2.54. The molecule has 1 nitrogen and oxygen atoms in total. The summed E-state index contributed by atoms with van der Waals surface area (Å²) in [6.07, 6.45) is 0. The molecule has 0 rings (SSSR count). The van der Waals surface area contributed by atoms with Gasteiger partial charge in [0.25, 0.3) is 0 Å². The fourth-order valence-electron chi connectivity index (χ4n) is 0. The van der Waals surface area contributed by atoms with E-state index in [4.69, 9.17) is 5.14 Å². The molecule has 0 saturated heterocycles. The Bertz CT molecular complexity index is 40.5. The molecule has 0 heterocycles. The van der Waals surface area contributed by atoms with Gasteiger partial charge in [0.05, 0.1) is 0 Å². The van der Waals surface area contributed by atoms with E-state index in [2.05, 4.69) is 0 Å². The minimum atomic E-state index is -4.38. The highest BCUT2D eigenvalue weighted by Crippen LogP contribution is 2.29. The lowest BCUT2D eigenvalue weighted by atomic mass is 11.6. The molecular weight excluding hydrogens is 115 g/mol. The van der Waals surface area contributed by atoms with E-state index in [9.17, 15) is 13.2 Å². The quantitative estimate of drug-likeness (QED) is 0.445. The highest BCUT2D eigenvalue weighted by Gasteiger charge is 2.19. The van der Waals surface area contributed by atoms with Crippen LogP contribution in [-0.4, -0.2) is 5.51 Å². The Morgan fingerprint density at radius 3 is 1.50 bits per heavy atom. The molecular formula is CHF3NS-. The van der Waals surface area contributed by atoms with Crippen LogP contribution in [0.4, 0.5) is 13.2 Å². The van der Waals surface area contributed by atoms with Gasteiger partial charge < -0.3 is 5.14 Å². The van der Waals surface area contributed by atoms with E-state index in [0.29, 0.717) is 0 Å². The van der Waals surface area contributed by atoms with Crippen LogP contribution < -0.4 is 0 Å². The normalized spacial score (nSPS) is 12.0. The van der Waals surface area contributed by atoms with E-state index in [1.807, 2.05) is 0 Å². The van der Waals surface area contributed by atoms with E-state index in [-0.39, 0.29) is 0 Å². The second kappa shape index (κ2) is 1.70. The van der Waals surface area contributed by atoms with Crippen molar-refractivity contribution in [3.05, 3.63) is 5.14 Å². The molecule has 0 atom stereocenters. The molecule has 0 bridgehead atoms. The lowest BCUT2D eigenvalue weighted by Gasteiger charge is -2.04. The van der Waals surface area contributed by atoms with Crippen LogP contribution in [0.25, 0.3) is 5.14 Å². The molecule has 0 fully saturated rings. The first-order chi connectivity index (χ1) is 2.56. The topological polar surface area (TPSA) is 23.8 Å². The van der Waals surface area contributed by atoms with Gasteiger partial charge >= 0.3 is 5.51 Å². The van der Waals surface area contributed by atoms with Gasteiger partial charge in [0.15, 0.2) is 0 Å². The average Bonchev–Trinajstić information content (AvgIpc) is 1.35. The van der Waals surface area contributed by atoms with Gasteiger partial charge in [0.1, 0.15) is 0 Å². The van der Waals surface area contributed by atoms with Crippen molar-refractivity contribution in [3.63, 3.8) is 0 Å². The zero-order chi connectivity index (χ0) is 5.21. The largest absolute Gasteiger partial charge is 0.614 e. The maximum absolute atomic E-state index is 10.6. The van der Waals surface area contributed by atoms with Crippen LogP contribution in [-0.2, 0) is 0 Å². The first-order valence-corrected chi connectivity index (χ1v) is 1.79. The van der Waals surface area contributed by atoms with Crippen molar-refractivity contribution in [1.82, 2.24) is 0 Å². The number of halogens is 3. The van der Waals surface area contributed by atoms with E-state index >= 15 is 0 Å². The molecule has 0 spiro atoms. The van der Waals surface area contributed by atoms with Crippen molar-refractivity contribution in [2.75, 3.05) is 0 Å². The third kappa shape index (κ3) is 4.10. The summed E-state index contributed by atoms with van der Waals surface area (Å²) in [6.45, 7) is 0. The smallest absolute Gasteiger partial charge is 0.422 e. The fourth-order valence-corrected chi connectivity index (χ4v) is 0. The minimum Gasteiger partial charge on any atom is -0.614 e. The summed E-state index contributed by atoms with van der Waals surface area (Å²) in [4.78, 5) is 0. The maximum atomic E-state index is 10.6. The van der Waals surface area contributed by atoms with Gasteiger partial charge in [-0.1, -0.05) is 0 Å². The van der Waals surface area contributed by atoms with Gasteiger partial charge in [0.2, 0.25) is 0 Å². The second-order valence-electron chi connectivity index (χ2n) is 0.548. The van der Waals surface area contributed by atoms with Gasteiger partial charge in [-0.3, -0.25) is 0 Å². The number of alkyl halides is 3. The van der Waals surface area contributed by atoms with E-state index in [1.54, 1.807) is 0 Å². The monoisotopic (exact) mass is 116 g/mol. The maximum Gasteiger partial charge on any atom is 0.422 e. The molecule has 5 heteroatoms. The molecule has 0 unspecified atom stereocenters. The van der Waals surface area contributed by atoms with Crippen LogP contribution in [0, 0.1) is 0 Å². The average molecular weight is 116 g/mol. The van der Waals surface area contributed by atoms with E-state index in [1.165, 1.54) is 0 Å². The van der Waals surface area contributed by atoms with Crippen molar-refractivity contribution in [2.45, 2.75) is 5.51 Å². The summed E-state index contributed by atoms with van der Waals surface area (Å²) in [7, 11) is 0. The first kappa shape index (κ1) is 6.10. The molecule has 0 aromatic carbocycles. The lowest BCUT2D eigenvalue weighted by Crippen LogP contribution is -1.94. The molecule has 0 aliphatic carbocycles. The molecule has 0 aromatic heterocycles. The number of hydrogen-bond donors (Lipinski definition) is 0. The Morgan fingerprint density at radius 2 is 1.50 bits per heavy atom. The summed E-state index contributed by atoms with van der Waals surface area (Å²) in [5.41, 5.74) is -4.38. The Labute approximate surface area is 36.8 Å². The highest BCUT2D eigenvalue weighted by molar-refractivity contribution is 8.01. The van der Waals surface area contributed by atoms with Gasteiger partial charge in [0, 0.05) is 0 Å². The van der Waals surface area contributed by atoms with Gasteiger partial charge in [-0.05, 0) is 0 Å². The SMILES string of the molecule is [NH-]SC(F)(F)F. The molecule has 0 radical (unpaired) electrons. The first-order valence-electron chi connectivity index (χ1n) is 0.975. The Morgan fingerprint density at radius 1 is 1.33 bits per heavy atom. The van der Waals surface area contributed by atoms with E-state index < -0.39 is 17.5 Å². The third-order valence-corrected chi connectivity index (χ3v) is 0.347. The molecule has 0 aliphatic rings. The summed E-state index contributed by atoms with van der Waals surface area (Å²) in [5, 5.41) is 5.65.